The van der Waals surface area contributed by atoms with Crippen LogP contribution in [-0.4, -0.2) is 54.0 Å². The van der Waals surface area contributed by atoms with Gasteiger partial charge in [0.2, 0.25) is 0 Å². The van der Waals surface area contributed by atoms with Gasteiger partial charge in [0.15, 0.2) is 52.4 Å². The van der Waals surface area contributed by atoms with Crippen LogP contribution in [-0.2, 0) is 21.7 Å². The highest BCUT2D eigenvalue weighted by atomic mass is 15.1. The third-order valence-electron chi connectivity index (χ3n) is 22.1. The molecule has 0 N–H and O–H groups in total. The lowest BCUT2D eigenvalue weighted by Crippen LogP contribution is -2.17. The maximum absolute atomic E-state index is 10.5. The molecule has 18 rings (SSSR count). The lowest BCUT2D eigenvalue weighted by Gasteiger charge is -2.26. The van der Waals surface area contributed by atoms with E-state index in [-0.39, 0.29) is 21.7 Å². The van der Waals surface area contributed by atoms with E-state index in [1.54, 1.807) is 0 Å². The van der Waals surface area contributed by atoms with Gasteiger partial charge in [0.1, 0.15) is 0 Å². The number of para-hydroxylation sites is 2. The van der Waals surface area contributed by atoms with Gasteiger partial charge in [-0.2, -0.15) is 5.26 Å². The standard InChI is InChI=1S/C104H86N12/c1-101(2,3)76-53-74(54-77(61-76)102(4,5)6)98-112-99(75-55-78(103(7,8)9)62-79(56-75)104(10,11)12)114-100(113-98)85-58-71(45-49-91(85)116-87-43-28-26-41-81(87)84-60-73(47-51-90(84)116)97-110-94(67-35-21-15-22-36-67)107-95(111-97)68-37-23-16-24-38-68)82-57-70(69-39-29-30-64(52-69)63-105)44-48-88(82)115-86-42-27-25-40-80(86)83-59-72(46-50-89(83)115)96-108-92(65-31-17-13-18-32-65)106-93(109-96)66-33-19-14-20-34-66/h13-62H,1-12H3. The van der Waals surface area contributed by atoms with Crippen LogP contribution >= 0.6 is 0 Å². The summed E-state index contributed by atoms with van der Waals surface area (Å²) < 4.78 is 4.76. The molecule has 5 heterocycles. The molecule has 0 radical (unpaired) electrons. The van der Waals surface area contributed by atoms with Crippen LogP contribution in [0.5, 0.6) is 0 Å². The summed E-state index contributed by atoms with van der Waals surface area (Å²) in [7, 11) is 0. The van der Waals surface area contributed by atoms with Crippen molar-refractivity contribution in [3.8, 4) is 142 Å². The van der Waals surface area contributed by atoms with Crippen LogP contribution in [0.1, 0.15) is 111 Å². The van der Waals surface area contributed by atoms with Gasteiger partial charge in [-0.1, -0.05) is 277 Å². The molecule has 116 heavy (non-hydrogen) atoms. The molecule has 12 heteroatoms. The van der Waals surface area contributed by atoms with Gasteiger partial charge < -0.3 is 9.13 Å². The van der Waals surface area contributed by atoms with Gasteiger partial charge >= 0.3 is 0 Å². The maximum Gasteiger partial charge on any atom is 0.166 e. The molecule has 18 aromatic rings. The van der Waals surface area contributed by atoms with Crippen LogP contribution in [0, 0.1) is 11.3 Å². The predicted molar refractivity (Wildman–Crippen MR) is 475 cm³/mol. The summed E-state index contributed by atoms with van der Waals surface area (Å²) in [6, 6.07) is 108. The molecular formula is C104H86N12. The van der Waals surface area contributed by atoms with E-state index in [1.807, 2.05) is 140 Å². The first-order valence-corrected chi connectivity index (χ1v) is 39.6. The number of benzene rings is 13. The summed E-state index contributed by atoms with van der Waals surface area (Å²) >= 11 is 0. The van der Waals surface area contributed by atoms with Crippen molar-refractivity contribution in [1.29, 1.82) is 5.26 Å². The molecule has 0 aliphatic carbocycles. The summed E-state index contributed by atoms with van der Waals surface area (Å²) in [4.78, 5) is 48.5. The second-order valence-corrected chi connectivity index (χ2v) is 34.3. The fourth-order valence-electron chi connectivity index (χ4n) is 15.6. The average Bonchev–Trinajstić information content (AvgIpc) is 1.29. The van der Waals surface area contributed by atoms with E-state index in [4.69, 9.17) is 44.9 Å². The van der Waals surface area contributed by atoms with Gasteiger partial charge in [0, 0.05) is 77.2 Å². The first-order valence-electron chi connectivity index (χ1n) is 39.6. The first-order chi connectivity index (χ1) is 55.9. The quantitative estimate of drug-likeness (QED) is 0.109. The van der Waals surface area contributed by atoms with Crippen molar-refractivity contribution >= 4 is 43.6 Å². The molecule has 0 aliphatic heterocycles. The minimum Gasteiger partial charge on any atom is -0.309 e. The zero-order chi connectivity index (χ0) is 79.9. The zero-order valence-corrected chi connectivity index (χ0v) is 67.2. The van der Waals surface area contributed by atoms with Crippen LogP contribution in [0.15, 0.2) is 303 Å². The second kappa shape index (κ2) is 28.9. The molecule has 5 aromatic heterocycles. The number of fused-ring (bicyclic) bond motifs is 6. The van der Waals surface area contributed by atoms with Crippen molar-refractivity contribution in [2.45, 2.75) is 105 Å². The number of hydrogen-bond donors (Lipinski definition) is 0. The number of rotatable bonds is 13. The van der Waals surface area contributed by atoms with Gasteiger partial charge in [-0.25, -0.2) is 44.9 Å². The van der Waals surface area contributed by atoms with Gasteiger partial charge in [-0.15, -0.1) is 0 Å². The van der Waals surface area contributed by atoms with Gasteiger partial charge in [0.05, 0.1) is 45.1 Å². The van der Waals surface area contributed by atoms with Gasteiger partial charge in [-0.3, -0.25) is 0 Å². The van der Waals surface area contributed by atoms with E-state index < -0.39 is 0 Å². The van der Waals surface area contributed by atoms with E-state index in [1.165, 1.54) is 22.3 Å². The van der Waals surface area contributed by atoms with Crippen molar-refractivity contribution in [1.82, 2.24) is 54.0 Å². The van der Waals surface area contributed by atoms with Crippen molar-refractivity contribution in [3.05, 3.63) is 331 Å². The Kier molecular flexibility index (Phi) is 18.3. The molecular weight excluding hydrogens is 1420 g/mol. The summed E-state index contributed by atoms with van der Waals surface area (Å²) in [5.74, 6) is 5.06. The average molecular weight is 1500 g/mol. The topological polar surface area (TPSA) is 150 Å². The van der Waals surface area contributed by atoms with Crippen LogP contribution in [0.25, 0.3) is 180 Å². The van der Waals surface area contributed by atoms with Crippen molar-refractivity contribution < 1.29 is 0 Å². The molecule has 12 nitrogen and oxygen atoms in total. The smallest absolute Gasteiger partial charge is 0.166 e. The Morgan fingerprint density at radius 1 is 0.216 bits per heavy atom. The van der Waals surface area contributed by atoms with E-state index in [2.05, 4.69) is 262 Å². The molecule has 0 amide bonds. The van der Waals surface area contributed by atoms with Crippen molar-refractivity contribution in [2.24, 2.45) is 0 Å². The number of nitrogens with zero attached hydrogens (tertiary/aromatic N) is 12. The molecule has 0 unspecified atom stereocenters. The predicted octanol–water partition coefficient (Wildman–Crippen LogP) is 25.8. The SMILES string of the molecule is CC(C)(C)c1cc(-c2nc(-c3cc(C(C)(C)C)cc(C(C)(C)C)c3)nc(-c3cc(-c4cc(-c5cccc(C#N)c5)ccc4-n4c5ccccc5c5cc(-c6nc(-c7ccccc7)nc(-c7ccccc7)n6)ccc54)ccc3-n3c4ccccc4c4cc(-c5nc(-c6ccccc6)nc(-c6ccccc6)n5)ccc43)n2)cc(C(C)(C)C)c1. The molecule has 0 fully saturated rings. The highest BCUT2D eigenvalue weighted by Crippen LogP contribution is 2.46. The lowest BCUT2D eigenvalue weighted by molar-refractivity contribution is 0.568. The third-order valence-corrected chi connectivity index (χ3v) is 22.1. The molecule has 0 saturated carbocycles. The Morgan fingerprint density at radius 2 is 0.509 bits per heavy atom. The largest absolute Gasteiger partial charge is 0.309 e. The highest BCUT2D eigenvalue weighted by Gasteiger charge is 2.29. The Labute approximate surface area is 676 Å². The normalized spacial score (nSPS) is 12.1. The summed E-state index contributed by atoms with van der Waals surface area (Å²) in [6.07, 6.45) is 0. The van der Waals surface area contributed by atoms with Crippen LogP contribution in [0.3, 0.4) is 0 Å². The molecule has 0 spiro atoms. The maximum atomic E-state index is 10.5. The molecule has 0 saturated heterocycles. The molecule has 0 atom stereocenters. The van der Waals surface area contributed by atoms with Gasteiger partial charge in [0.25, 0.3) is 0 Å². The van der Waals surface area contributed by atoms with E-state index in [0.717, 1.165) is 127 Å². The monoisotopic (exact) mass is 1500 g/mol. The number of nitriles is 1. The fraction of sp³-hybridized carbons (Fsp3) is 0.154. The van der Waals surface area contributed by atoms with Crippen LogP contribution in [0.4, 0.5) is 0 Å². The van der Waals surface area contributed by atoms with E-state index >= 15 is 0 Å². The van der Waals surface area contributed by atoms with Crippen LogP contribution in [0.2, 0.25) is 0 Å². The second-order valence-electron chi connectivity index (χ2n) is 34.3. The van der Waals surface area contributed by atoms with Gasteiger partial charge in [-0.05, 0) is 170 Å². The Hall–Kier alpha value is -14.0. The summed E-state index contributed by atoms with van der Waals surface area (Å²) in [6.45, 7) is 27.3. The third kappa shape index (κ3) is 14.1. The molecule has 0 aliphatic rings. The molecule has 0 bridgehead atoms. The minimum absolute atomic E-state index is 0.221. The van der Waals surface area contributed by atoms with Crippen LogP contribution < -0.4 is 0 Å². The van der Waals surface area contributed by atoms with E-state index in [0.29, 0.717) is 58.0 Å². The lowest BCUT2D eigenvalue weighted by atomic mass is 9.79. The summed E-state index contributed by atoms with van der Waals surface area (Å²) in [5.41, 5.74) is 21.6. The fourth-order valence-corrected chi connectivity index (χ4v) is 15.6. The zero-order valence-electron chi connectivity index (χ0n) is 67.2. The Balaban J connectivity index is 0.919. The van der Waals surface area contributed by atoms with Crippen molar-refractivity contribution in [3.63, 3.8) is 0 Å². The number of aromatic nitrogens is 11. The van der Waals surface area contributed by atoms with Crippen molar-refractivity contribution in [2.75, 3.05) is 0 Å². The van der Waals surface area contributed by atoms with E-state index in [9.17, 15) is 5.26 Å². The molecule has 562 valence electrons. The highest BCUT2D eigenvalue weighted by molar-refractivity contribution is 6.12. The number of hydrogen-bond acceptors (Lipinski definition) is 10. The molecule has 13 aromatic carbocycles. The minimum atomic E-state index is -0.221. The first kappa shape index (κ1) is 73.5. The Morgan fingerprint density at radius 3 is 0.888 bits per heavy atom. The Bertz CT molecular complexity index is 6650. The summed E-state index contributed by atoms with van der Waals surface area (Å²) in [5, 5.41) is 14.6.